The van der Waals surface area contributed by atoms with Gasteiger partial charge in [-0.25, -0.2) is 13.8 Å². The Morgan fingerprint density at radius 2 is 2.18 bits per heavy atom. The first-order valence-electron chi connectivity index (χ1n) is 4.66. The van der Waals surface area contributed by atoms with Crippen molar-refractivity contribution in [3.05, 3.63) is 28.7 Å². The highest BCUT2D eigenvalue weighted by Gasteiger charge is 2.16. The quantitative estimate of drug-likeness (QED) is 0.702. The molecule has 0 unspecified atom stereocenters. The molecule has 3 heterocycles. The summed E-state index contributed by atoms with van der Waals surface area (Å²) in [6.45, 7) is 0. The molecule has 0 aliphatic carbocycles. The Labute approximate surface area is 97.8 Å². The lowest BCUT2D eigenvalue weighted by Crippen LogP contribution is -1.94. The third-order valence-electron chi connectivity index (χ3n) is 2.12. The topological polar surface area (TPSA) is 56.0 Å². The van der Waals surface area contributed by atoms with E-state index in [0.29, 0.717) is 17.2 Å². The van der Waals surface area contributed by atoms with Crippen LogP contribution in [-0.2, 0) is 0 Å². The van der Waals surface area contributed by atoms with E-state index in [1.807, 2.05) is 0 Å². The highest BCUT2D eigenvalue weighted by atomic mass is 32.1. The van der Waals surface area contributed by atoms with Crippen LogP contribution in [0.25, 0.3) is 17.2 Å². The maximum absolute atomic E-state index is 12.4. The van der Waals surface area contributed by atoms with E-state index >= 15 is 0 Å². The van der Waals surface area contributed by atoms with Gasteiger partial charge in [-0.3, -0.25) is 0 Å². The molecule has 5 nitrogen and oxygen atoms in total. The summed E-state index contributed by atoms with van der Waals surface area (Å²) in [7, 11) is 0. The molecule has 0 saturated heterocycles. The molecule has 0 spiro atoms. The van der Waals surface area contributed by atoms with Gasteiger partial charge in [0.05, 0.1) is 0 Å². The molecule has 0 aliphatic heterocycles. The molecule has 8 heteroatoms. The number of rotatable bonds is 2. The number of alkyl halides is 2. The SMILES string of the molecule is FC(F)c1nc(-c2nnc3cccnn23)cs1. The summed E-state index contributed by atoms with van der Waals surface area (Å²) >= 11 is 0.894. The van der Waals surface area contributed by atoms with E-state index in [1.54, 1.807) is 18.3 Å². The molecule has 0 aromatic carbocycles. The molecule has 0 fully saturated rings. The summed E-state index contributed by atoms with van der Waals surface area (Å²) in [6.07, 6.45) is -0.999. The van der Waals surface area contributed by atoms with E-state index < -0.39 is 6.43 Å². The van der Waals surface area contributed by atoms with E-state index in [0.717, 1.165) is 11.3 Å². The molecular formula is C9H5F2N5S. The zero-order valence-electron chi connectivity index (χ0n) is 8.29. The number of aromatic nitrogens is 5. The average Bonchev–Trinajstić information content (AvgIpc) is 2.95. The van der Waals surface area contributed by atoms with Crippen LogP contribution in [-0.4, -0.2) is 24.8 Å². The van der Waals surface area contributed by atoms with E-state index in [4.69, 9.17) is 0 Å². The van der Waals surface area contributed by atoms with Crippen molar-refractivity contribution in [1.29, 1.82) is 0 Å². The Bertz CT molecular complexity index is 662. The summed E-state index contributed by atoms with van der Waals surface area (Å²) in [6, 6.07) is 3.45. The minimum atomic E-state index is -2.57. The molecule has 3 aromatic rings. The monoisotopic (exact) mass is 253 g/mol. The van der Waals surface area contributed by atoms with Crippen LogP contribution >= 0.6 is 11.3 Å². The highest BCUT2D eigenvalue weighted by molar-refractivity contribution is 7.10. The van der Waals surface area contributed by atoms with Crippen molar-refractivity contribution in [2.75, 3.05) is 0 Å². The summed E-state index contributed by atoms with van der Waals surface area (Å²) in [5, 5.41) is 13.1. The number of hydrogen-bond acceptors (Lipinski definition) is 5. The molecule has 0 N–H and O–H groups in total. The molecule has 0 saturated carbocycles. The van der Waals surface area contributed by atoms with Crippen LogP contribution in [0.1, 0.15) is 11.4 Å². The van der Waals surface area contributed by atoms with Crippen LogP contribution < -0.4 is 0 Å². The van der Waals surface area contributed by atoms with Gasteiger partial charge in [0.2, 0.25) is 5.82 Å². The zero-order valence-corrected chi connectivity index (χ0v) is 9.10. The van der Waals surface area contributed by atoms with Gasteiger partial charge in [0.15, 0.2) is 10.7 Å². The second-order valence-electron chi connectivity index (χ2n) is 3.19. The fourth-order valence-corrected chi connectivity index (χ4v) is 2.04. The molecule has 0 bridgehead atoms. The lowest BCUT2D eigenvalue weighted by atomic mass is 10.4. The predicted octanol–water partition coefficient (Wildman–Crippen LogP) is 2.19. The van der Waals surface area contributed by atoms with E-state index in [1.165, 1.54) is 9.90 Å². The average molecular weight is 253 g/mol. The van der Waals surface area contributed by atoms with Gasteiger partial charge in [0.1, 0.15) is 5.69 Å². The smallest absolute Gasteiger partial charge is 0.232 e. The van der Waals surface area contributed by atoms with Crippen molar-refractivity contribution < 1.29 is 8.78 Å². The van der Waals surface area contributed by atoms with Gasteiger partial charge in [0, 0.05) is 11.6 Å². The largest absolute Gasteiger partial charge is 0.289 e. The second-order valence-corrected chi connectivity index (χ2v) is 4.08. The second kappa shape index (κ2) is 3.81. The van der Waals surface area contributed by atoms with Crippen molar-refractivity contribution in [1.82, 2.24) is 24.8 Å². The van der Waals surface area contributed by atoms with E-state index in [-0.39, 0.29) is 5.01 Å². The van der Waals surface area contributed by atoms with Gasteiger partial charge in [-0.05, 0) is 12.1 Å². The van der Waals surface area contributed by atoms with Gasteiger partial charge in [-0.1, -0.05) is 0 Å². The lowest BCUT2D eigenvalue weighted by molar-refractivity contribution is 0.151. The third-order valence-corrected chi connectivity index (χ3v) is 2.97. The van der Waals surface area contributed by atoms with Gasteiger partial charge >= 0.3 is 0 Å². The molecule has 0 radical (unpaired) electrons. The molecule has 17 heavy (non-hydrogen) atoms. The highest BCUT2D eigenvalue weighted by Crippen LogP contribution is 2.26. The standard InChI is InChI=1S/C9H5F2N5S/c10-7(11)9-13-5(4-17-9)8-15-14-6-2-1-3-12-16(6)8/h1-4,7H. The minimum Gasteiger partial charge on any atom is -0.232 e. The van der Waals surface area contributed by atoms with Gasteiger partial charge in [0.25, 0.3) is 6.43 Å². The summed E-state index contributed by atoms with van der Waals surface area (Å²) in [5.74, 6) is 0.365. The lowest BCUT2D eigenvalue weighted by Gasteiger charge is -1.93. The maximum atomic E-state index is 12.4. The van der Waals surface area contributed by atoms with Crippen LogP contribution in [0.5, 0.6) is 0 Å². The van der Waals surface area contributed by atoms with Gasteiger partial charge < -0.3 is 0 Å². The molecule has 0 atom stereocenters. The van der Waals surface area contributed by atoms with Crippen molar-refractivity contribution >= 4 is 17.0 Å². The van der Waals surface area contributed by atoms with Gasteiger partial charge in [-0.15, -0.1) is 21.5 Å². The van der Waals surface area contributed by atoms with Crippen LogP contribution in [0.3, 0.4) is 0 Å². The minimum absolute atomic E-state index is 0.229. The summed E-state index contributed by atoms with van der Waals surface area (Å²) in [4.78, 5) is 3.81. The first-order chi connectivity index (χ1) is 8.25. The number of fused-ring (bicyclic) bond motifs is 1. The van der Waals surface area contributed by atoms with Crippen molar-refractivity contribution in [2.24, 2.45) is 0 Å². The Morgan fingerprint density at radius 1 is 1.29 bits per heavy atom. The number of thiazole rings is 1. The molecule has 0 aliphatic rings. The number of halogens is 2. The zero-order chi connectivity index (χ0) is 11.8. The fraction of sp³-hybridized carbons (Fsp3) is 0.111. The van der Waals surface area contributed by atoms with Crippen molar-refractivity contribution in [3.63, 3.8) is 0 Å². The van der Waals surface area contributed by atoms with Crippen molar-refractivity contribution in [3.8, 4) is 11.5 Å². The van der Waals surface area contributed by atoms with Gasteiger partial charge in [-0.2, -0.15) is 9.61 Å². The molecular weight excluding hydrogens is 248 g/mol. The molecule has 3 rings (SSSR count). The molecule has 0 amide bonds. The fourth-order valence-electron chi connectivity index (χ4n) is 1.39. The predicted molar refractivity (Wildman–Crippen MR) is 56.8 cm³/mol. The van der Waals surface area contributed by atoms with Crippen LogP contribution in [0.4, 0.5) is 8.78 Å². The third kappa shape index (κ3) is 1.66. The molecule has 3 aromatic heterocycles. The Balaban J connectivity index is 2.14. The summed E-state index contributed by atoms with van der Waals surface area (Å²) < 4.78 is 26.3. The van der Waals surface area contributed by atoms with E-state index in [9.17, 15) is 8.78 Å². The maximum Gasteiger partial charge on any atom is 0.289 e. The summed E-state index contributed by atoms with van der Waals surface area (Å²) in [5.41, 5.74) is 0.908. The van der Waals surface area contributed by atoms with Crippen LogP contribution in [0.15, 0.2) is 23.7 Å². The normalized spacial score (nSPS) is 11.5. The number of hydrogen-bond donors (Lipinski definition) is 0. The number of nitrogens with zero attached hydrogens (tertiary/aromatic N) is 5. The Morgan fingerprint density at radius 3 is 2.94 bits per heavy atom. The van der Waals surface area contributed by atoms with Crippen LogP contribution in [0, 0.1) is 0 Å². The first kappa shape index (κ1) is 10.2. The Kier molecular flexibility index (Phi) is 2.29. The Hall–Kier alpha value is -1.96. The molecule has 86 valence electrons. The van der Waals surface area contributed by atoms with Crippen molar-refractivity contribution in [2.45, 2.75) is 6.43 Å². The van der Waals surface area contributed by atoms with Crippen LogP contribution in [0.2, 0.25) is 0 Å². The van der Waals surface area contributed by atoms with E-state index in [2.05, 4.69) is 20.3 Å². The first-order valence-corrected chi connectivity index (χ1v) is 5.54.